The maximum Gasteiger partial charge on any atom is 0.0524 e. The molecule has 0 fully saturated rings. The molecule has 0 amide bonds. The van der Waals surface area contributed by atoms with E-state index >= 15 is 0 Å². The molecule has 0 saturated carbocycles. The van der Waals surface area contributed by atoms with E-state index < -0.39 is 0 Å². The van der Waals surface area contributed by atoms with Gasteiger partial charge in [-0.3, -0.25) is 5.01 Å². The van der Waals surface area contributed by atoms with Crippen LogP contribution in [0.1, 0.15) is 13.3 Å². The molecule has 0 saturated heterocycles. The van der Waals surface area contributed by atoms with Gasteiger partial charge in [-0.15, -0.1) is 0 Å². The van der Waals surface area contributed by atoms with Crippen molar-refractivity contribution in [2.24, 2.45) is 0 Å². The second kappa shape index (κ2) is 5.74. The fourth-order valence-electron chi connectivity index (χ4n) is 0.815. The largest absolute Gasteiger partial charge is 0.285 e. The van der Waals surface area contributed by atoms with Crippen LogP contribution in [0, 0.1) is 0 Å². The summed E-state index contributed by atoms with van der Waals surface area (Å²) >= 11 is 0. The van der Waals surface area contributed by atoms with Crippen LogP contribution in [0.3, 0.4) is 0 Å². The second-order valence-electron chi connectivity index (χ2n) is 2.02. The van der Waals surface area contributed by atoms with E-state index in [1.165, 1.54) is 0 Å². The van der Waals surface area contributed by atoms with E-state index in [0.717, 1.165) is 12.1 Å². The number of rotatable bonds is 5. The van der Waals surface area contributed by atoms with Gasteiger partial charge in [0.2, 0.25) is 0 Å². The van der Waals surface area contributed by atoms with Crippen LogP contribution in [-0.2, 0) is 0 Å². The number of hydrazine groups is 1. The normalized spacial score (nSPS) is 10.9. The average molecular weight is 152 g/mol. The number of nitrogens with zero attached hydrogens (tertiary/aromatic N) is 1. The smallest absolute Gasteiger partial charge is 0.0524 e. The van der Waals surface area contributed by atoms with Gasteiger partial charge in [-0.1, -0.05) is 26.2 Å². The van der Waals surface area contributed by atoms with Crippen molar-refractivity contribution in [3.8, 4) is 0 Å². The van der Waals surface area contributed by atoms with Crippen LogP contribution in [0.4, 0.5) is 0 Å². The Morgan fingerprint density at radius 3 is 2.45 bits per heavy atom. The van der Waals surface area contributed by atoms with E-state index in [2.05, 4.69) is 31.6 Å². The van der Waals surface area contributed by atoms with Crippen molar-refractivity contribution in [1.29, 1.82) is 0 Å². The molecule has 0 rings (SSSR count). The van der Waals surface area contributed by atoms with Crippen LogP contribution in [0.25, 0.3) is 0 Å². The molecule has 11 heavy (non-hydrogen) atoms. The lowest BCUT2D eigenvalue weighted by molar-refractivity contribution is 0.385. The van der Waals surface area contributed by atoms with Crippen molar-refractivity contribution < 1.29 is 0 Å². The maximum atomic E-state index is 3.70. The van der Waals surface area contributed by atoms with Crippen LogP contribution >= 0.6 is 0 Å². The highest BCUT2D eigenvalue weighted by molar-refractivity contribution is 5.15. The quantitative estimate of drug-likeness (QED) is 0.479. The van der Waals surface area contributed by atoms with Gasteiger partial charge in [-0.2, -0.15) is 0 Å². The first-order valence-electron chi connectivity index (χ1n) is 3.71. The van der Waals surface area contributed by atoms with Crippen molar-refractivity contribution in [2.75, 3.05) is 7.05 Å². The van der Waals surface area contributed by atoms with Gasteiger partial charge in [0.1, 0.15) is 0 Å². The molecular formula is C9H16N2. The van der Waals surface area contributed by atoms with E-state index in [1.54, 1.807) is 12.3 Å². The average Bonchev–Trinajstić information content (AvgIpc) is 2.05. The summed E-state index contributed by atoms with van der Waals surface area (Å²) in [5.41, 5.74) is 4.00. The van der Waals surface area contributed by atoms with Crippen LogP contribution in [0.2, 0.25) is 0 Å². The van der Waals surface area contributed by atoms with Gasteiger partial charge in [0, 0.05) is 13.2 Å². The Kier molecular flexibility index (Phi) is 5.21. The molecule has 2 heteroatoms. The Hall–Kier alpha value is -1.02. The Labute approximate surface area is 68.9 Å². The van der Waals surface area contributed by atoms with E-state index in [1.807, 2.05) is 12.1 Å². The number of nitrogens with one attached hydrogen (secondary N) is 1. The van der Waals surface area contributed by atoms with E-state index in [4.69, 9.17) is 0 Å². The highest BCUT2D eigenvalue weighted by Crippen LogP contribution is 2.02. The van der Waals surface area contributed by atoms with Crippen molar-refractivity contribution >= 4 is 0 Å². The Morgan fingerprint density at radius 1 is 1.55 bits per heavy atom. The molecule has 2 nitrogen and oxygen atoms in total. The van der Waals surface area contributed by atoms with Gasteiger partial charge in [0.05, 0.1) is 5.70 Å². The lowest BCUT2D eigenvalue weighted by Gasteiger charge is -2.18. The molecule has 0 aliphatic rings. The SMILES string of the molecule is C=C/C(=C/CC)N(C=C)NC. The molecule has 0 heterocycles. The maximum absolute atomic E-state index is 3.70. The van der Waals surface area contributed by atoms with Gasteiger partial charge >= 0.3 is 0 Å². The zero-order valence-corrected chi connectivity index (χ0v) is 7.30. The van der Waals surface area contributed by atoms with Gasteiger partial charge in [0.25, 0.3) is 0 Å². The Morgan fingerprint density at radius 2 is 2.18 bits per heavy atom. The Balaban J connectivity index is 4.32. The molecule has 0 aromatic heterocycles. The summed E-state index contributed by atoms with van der Waals surface area (Å²) in [5.74, 6) is 0. The van der Waals surface area contributed by atoms with Crippen molar-refractivity contribution in [1.82, 2.24) is 10.4 Å². The van der Waals surface area contributed by atoms with E-state index in [-0.39, 0.29) is 0 Å². The number of hydrogen-bond donors (Lipinski definition) is 1. The summed E-state index contributed by atoms with van der Waals surface area (Å²) in [5, 5.41) is 1.82. The fraction of sp³-hybridized carbons (Fsp3) is 0.333. The highest BCUT2D eigenvalue weighted by atomic mass is 15.5. The van der Waals surface area contributed by atoms with Crippen LogP contribution in [0.5, 0.6) is 0 Å². The van der Waals surface area contributed by atoms with Crippen molar-refractivity contribution in [3.05, 3.63) is 37.2 Å². The predicted octanol–water partition coefficient (Wildman–Crippen LogP) is 2.05. The van der Waals surface area contributed by atoms with Gasteiger partial charge in [-0.05, 0) is 12.5 Å². The third-order valence-corrected chi connectivity index (χ3v) is 1.32. The molecule has 0 aromatic carbocycles. The first-order valence-corrected chi connectivity index (χ1v) is 3.71. The molecule has 0 atom stereocenters. The first-order chi connectivity index (χ1) is 5.29. The third kappa shape index (κ3) is 3.05. The van der Waals surface area contributed by atoms with Gasteiger partial charge in [-0.25, -0.2) is 5.43 Å². The highest BCUT2D eigenvalue weighted by Gasteiger charge is 1.96. The summed E-state index contributed by atoms with van der Waals surface area (Å²) in [6.07, 6.45) is 6.57. The van der Waals surface area contributed by atoms with Crippen LogP contribution in [0.15, 0.2) is 37.2 Å². The summed E-state index contributed by atoms with van der Waals surface area (Å²) in [7, 11) is 1.84. The molecule has 0 aliphatic heterocycles. The van der Waals surface area contributed by atoms with Crippen molar-refractivity contribution in [2.45, 2.75) is 13.3 Å². The third-order valence-electron chi connectivity index (χ3n) is 1.32. The van der Waals surface area contributed by atoms with E-state index in [9.17, 15) is 0 Å². The minimum atomic E-state index is 0.993. The molecule has 1 N–H and O–H groups in total. The van der Waals surface area contributed by atoms with Gasteiger partial charge < -0.3 is 0 Å². The molecule has 0 bridgehead atoms. The summed E-state index contributed by atoms with van der Waals surface area (Å²) in [4.78, 5) is 0. The predicted molar refractivity (Wildman–Crippen MR) is 49.7 cm³/mol. The standard InChI is InChI=1S/C9H16N2/c1-5-8-9(6-2)11(7-3)10-4/h6-8,10H,2-3,5H2,1,4H3/b9-8-. The Bertz CT molecular complexity index is 159. The van der Waals surface area contributed by atoms with Crippen LogP contribution in [-0.4, -0.2) is 12.1 Å². The summed E-state index contributed by atoms with van der Waals surface area (Å²) in [6, 6.07) is 0. The topological polar surface area (TPSA) is 15.3 Å². The zero-order valence-electron chi connectivity index (χ0n) is 7.30. The van der Waals surface area contributed by atoms with E-state index in [0.29, 0.717) is 0 Å². The molecule has 0 aromatic rings. The fourth-order valence-corrected chi connectivity index (χ4v) is 0.815. The number of allylic oxidation sites excluding steroid dienone is 2. The molecule has 0 unspecified atom stereocenters. The zero-order chi connectivity index (χ0) is 8.69. The minimum absolute atomic E-state index is 0.993. The molecule has 0 radical (unpaired) electrons. The molecule has 62 valence electrons. The lowest BCUT2D eigenvalue weighted by atomic mass is 10.3. The molecule has 0 aliphatic carbocycles. The van der Waals surface area contributed by atoms with Crippen LogP contribution < -0.4 is 5.43 Å². The first kappa shape index (κ1) is 9.98. The van der Waals surface area contributed by atoms with Gasteiger partial charge in [0.15, 0.2) is 0 Å². The molecule has 0 spiro atoms. The lowest BCUT2D eigenvalue weighted by Crippen LogP contribution is -2.27. The summed E-state index contributed by atoms with van der Waals surface area (Å²) < 4.78 is 0. The summed E-state index contributed by atoms with van der Waals surface area (Å²) in [6.45, 7) is 9.44. The monoisotopic (exact) mass is 152 g/mol. The number of hydrogen-bond acceptors (Lipinski definition) is 2. The second-order valence-corrected chi connectivity index (χ2v) is 2.02. The molecular weight excluding hydrogens is 136 g/mol. The minimum Gasteiger partial charge on any atom is -0.285 e. The van der Waals surface area contributed by atoms with Crippen molar-refractivity contribution in [3.63, 3.8) is 0 Å².